The molecule has 0 aromatic heterocycles. The van der Waals surface area contributed by atoms with Crippen LogP contribution in [0.1, 0.15) is 0 Å². The van der Waals surface area contributed by atoms with Gasteiger partial charge in [0.05, 0.1) is 19.8 Å². The summed E-state index contributed by atoms with van der Waals surface area (Å²) >= 11 is 0. The molecule has 154 valence electrons. The Kier molecular flexibility index (Phi) is 12.8. The van der Waals surface area contributed by atoms with Gasteiger partial charge in [-0.2, -0.15) is 0 Å². The van der Waals surface area contributed by atoms with E-state index < -0.39 is 74.9 Å². The van der Waals surface area contributed by atoms with E-state index in [4.69, 9.17) is 24.8 Å². The molecule has 1 rings (SSSR count). The predicted molar refractivity (Wildman–Crippen MR) is 78.1 cm³/mol. The third-order valence-electron chi connectivity index (χ3n) is 3.62. The number of rotatable bonds is 8. The first-order chi connectivity index (χ1) is 10.8. The maximum Gasteiger partial charge on any atom is 0.187 e. The molecule has 1 saturated heterocycles. The van der Waals surface area contributed by atoms with Crippen molar-refractivity contribution < 1.29 is 66.4 Å². The fourth-order valence-corrected chi connectivity index (χ4v) is 2.16. The first-order valence-electron chi connectivity index (χ1n) is 7.00. The Bertz CT molecular complexity index is 343. The van der Waals surface area contributed by atoms with Crippen LogP contribution in [0, 0.1) is 0 Å². The maximum atomic E-state index is 9.83. The van der Waals surface area contributed by atoms with Gasteiger partial charge in [0.25, 0.3) is 0 Å². The van der Waals surface area contributed by atoms with Gasteiger partial charge in [0.1, 0.15) is 48.8 Å². The highest BCUT2D eigenvalue weighted by Gasteiger charge is 2.46. The zero-order valence-corrected chi connectivity index (χ0v) is 13.2. The summed E-state index contributed by atoms with van der Waals surface area (Å²) in [5.41, 5.74) is 0. The summed E-state index contributed by atoms with van der Waals surface area (Å²) in [4.78, 5) is 0. The fraction of sp³-hybridized carbons (Fsp3) is 1.00. The minimum atomic E-state index is -1.85. The number of hydrogen-bond donors (Lipinski definition) is 9. The molecule has 0 saturated carbocycles. The summed E-state index contributed by atoms with van der Waals surface area (Å²) in [5, 5.41) is 84.9. The van der Waals surface area contributed by atoms with Crippen LogP contribution >= 0.6 is 0 Å². The van der Waals surface area contributed by atoms with Crippen LogP contribution in [-0.2, 0) is 9.47 Å². The van der Waals surface area contributed by atoms with E-state index in [-0.39, 0.29) is 11.0 Å². The molecule has 0 aliphatic carbocycles. The average molecular weight is 380 g/mol. The molecule has 13 nitrogen and oxygen atoms in total. The second-order valence-electron chi connectivity index (χ2n) is 5.29. The van der Waals surface area contributed by atoms with Crippen molar-refractivity contribution in [3.8, 4) is 0 Å². The Hall–Kier alpha value is -0.520. The smallest absolute Gasteiger partial charge is 0.187 e. The first-order valence-corrected chi connectivity index (χ1v) is 7.00. The molecule has 0 amide bonds. The van der Waals surface area contributed by atoms with Crippen LogP contribution in [0.15, 0.2) is 0 Å². The van der Waals surface area contributed by atoms with Gasteiger partial charge in [0.15, 0.2) is 6.29 Å². The monoisotopic (exact) mass is 380 g/mol. The molecule has 13 heteroatoms. The minimum absolute atomic E-state index is 0. The third kappa shape index (κ3) is 6.30. The second-order valence-corrected chi connectivity index (χ2v) is 5.29. The van der Waals surface area contributed by atoms with Crippen molar-refractivity contribution in [2.45, 2.75) is 55.1 Å². The van der Waals surface area contributed by atoms with E-state index in [1.165, 1.54) is 0 Å². The minimum Gasteiger partial charge on any atom is -0.412 e. The standard InChI is InChI=1S/C12H24O11.2H2O/c13-1-4(16)7(18)11(5(17)2-14)23-12-10(21)9(20)8(19)6(3-15)22-12;;/h4-21H,1-3H2;2*1H2/t4?,5?,6-,7?,8+,9+,10+,11?,12+;;/m1../s1. The highest BCUT2D eigenvalue weighted by atomic mass is 16.7. The van der Waals surface area contributed by atoms with Crippen molar-refractivity contribution >= 4 is 0 Å². The molecule has 1 heterocycles. The zero-order chi connectivity index (χ0) is 17.7. The maximum absolute atomic E-state index is 9.83. The van der Waals surface area contributed by atoms with Crippen molar-refractivity contribution in [1.29, 1.82) is 0 Å². The van der Waals surface area contributed by atoms with E-state index in [0.717, 1.165) is 0 Å². The number of hydrogen-bond acceptors (Lipinski definition) is 11. The highest BCUT2D eigenvalue weighted by molar-refractivity contribution is 4.91. The molecule has 0 aromatic rings. The lowest BCUT2D eigenvalue weighted by atomic mass is 9.98. The van der Waals surface area contributed by atoms with Gasteiger partial charge in [-0.05, 0) is 0 Å². The fourth-order valence-electron chi connectivity index (χ4n) is 2.16. The Morgan fingerprint density at radius 3 is 1.76 bits per heavy atom. The number of aliphatic hydroxyl groups is 9. The molecule has 13 N–H and O–H groups in total. The predicted octanol–water partition coefficient (Wildman–Crippen LogP) is -7.41. The van der Waals surface area contributed by atoms with Crippen LogP contribution in [-0.4, -0.2) is 132 Å². The molecule has 9 atom stereocenters. The molecular formula is C12H28O13. The van der Waals surface area contributed by atoms with Gasteiger partial charge in [-0.15, -0.1) is 0 Å². The van der Waals surface area contributed by atoms with Crippen molar-refractivity contribution in [2.75, 3.05) is 19.8 Å². The molecule has 0 aromatic carbocycles. The van der Waals surface area contributed by atoms with Crippen molar-refractivity contribution in [3.63, 3.8) is 0 Å². The van der Waals surface area contributed by atoms with Crippen molar-refractivity contribution in [3.05, 3.63) is 0 Å². The molecule has 1 aliphatic rings. The van der Waals surface area contributed by atoms with E-state index >= 15 is 0 Å². The Labute approximate surface area is 142 Å². The van der Waals surface area contributed by atoms with Crippen molar-refractivity contribution in [1.82, 2.24) is 0 Å². The summed E-state index contributed by atoms with van der Waals surface area (Å²) in [6.07, 6.45) is -15.1. The van der Waals surface area contributed by atoms with E-state index in [0.29, 0.717) is 0 Å². The Morgan fingerprint density at radius 1 is 0.800 bits per heavy atom. The summed E-state index contributed by atoms with van der Waals surface area (Å²) in [5.74, 6) is 0. The van der Waals surface area contributed by atoms with Crippen LogP contribution in [0.5, 0.6) is 0 Å². The average Bonchev–Trinajstić information content (AvgIpc) is 2.57. The number of ether oxygens (including phenoxy) is 2. The topological polar surface area (TPSA) is 264 Å². The van der Waals surface area contributed by atoms with E-state index in [1.54, 1.807) is 0 Å². The van der Waals surface area contributed by atoms with Gasteiger partial charge < -0.3 is 66.4 Å². The third-order valence-corrected chi connectivity index (χ3v) is 3.62. The van der Waals surface area contributed by atoms with Crippen LogP contribution in [0.2, 0.25) is 0 Å². The molecule has 0 radical (unpaired) electrons. The zero-order valence-electron chi connectivity index (χ0n) is 13.2. The quantitative estimate of drug-likeness (QED) is 0.191. The highest BCUT2D eigenvalue weighted by Crippen LogP contribution is 2.24. The molecule has 25 heavy (non-hydrogen) atoms. The molecular weight excluding hydrogens is 352 g/mol. The first kappa shape index (κ1) is 26.7. The molecule has 0 bridgehead atoms. The van der Waals surface area contributed by atoms with E-state index in [1.807, 2.05) is 0 Å². The molecule has 4 unspecified atom stereocenters. The lowest BCUT2D eigenvalue weighted by Gasteiger charge is -2.42. The van der Waals surface area contributed by atoms with Gasteiger partial charge in [0.2, 0.25) is 0 Å². The largest absolute Gasteiger partial charge is 0.412 e. The van der Waals surface area contributed by atoms with Gasteiger partial charge in [-0.25, -0.2) is 0 Å². The van der Waals surface area contributed by atoms with E-state index in [2.05, 4.69) is 0 Å². The van der Waals surface area contributed by atoms with Gasteiger partial charge in [0, 0.05) is 0 Å². The summed E-state index contributed by atoms with van der Waals surface area (Å²) < 4.78 is 10.1. The summed E-state index contributed by atoms with van der Waals surface area (Å²) in [7, 11) is 0. The van der Waals surface area contributed by atoms with Crippen molar-refractivity contribution in [2.24, 2.45) is 0 Å². The Morgan fingerprint density at radius 2 is 1.32 bits per heavy atom. The Balaban J connectivity index is 0. The van der Waals surface area contributed by atoms with Crippen LogP contribution in [0.3, 0.4) is 0 Å². The SMILES string of the molecule is O.O.OCC(O)C(O)C(O[C@@H]1O[C@H](CO)[C@H](O)[C@H](O)[C@@H]1O)C(O)CO. The molecule has 0 spiro atoms. The van der Waals surface area contributed by atoms with Gasteiger partial charge in [-0.3, -0.25) is 0 Å². The van der Waals surface area contributed by atoms with Crippen LogP contribution in [0.4, 0.5) is 0 Å². The summed E-state index contributed by atoms with van der Waals surface area (Å²) in [6.45, 7) is -2.45. The lowest BCUT2D eigenvalue weighted by molar-refractivity contribution is -0.327. The van der Waals surface area contributed by atoms with E-state index in [9.17, 15) is 30.6 Å². The summed E-state index contributed by atoms with van der Waals surface area (Å²) in [6, 6.07) is 0. The van der Waals surface area contributed by atoms with Gasteiger partial charge >= 0.3 is 0 Å². The van der Waals surface area contributed by atoms with Crippen LogP contribution in [0.25, 0.3) is 0 Å². The lowest BCUT2D eigenvalue weighted by Crippen LogP contribution is -2.61. The normalized spacial score (nSPS) is 34.2. The molecule has 1 fully saturated rings. The second kappa shape index (κ2) is 12.0. The molecule has 1 aliphatic heterocycles. The van der Waals surface area contributed by atoms with Gasteiger partial charge in [-0.1, -0.05) is 0 Å². The number of aliphatic hydroxyl groups excluding tert-OH is 9. The van der Waals surface area contributed by atoms with Crippen LogP contribution < -0.4 is 0 Å².